The zero-order chi connectivity index (χ0) is 24.3. The Kier molecular flexibility index (Phi) is 7.12. The zero-order valence-electron chi connectivity index (χ0n) is 20.1. The van der Waals surface area contributed by atoms with Crippen molar-refractivity contribution in [3.05, 3.63) is 53.6 Å². The number of carbonyl (C=O) groups is 1. The molecule has 5 N–H and O–H groups in total. The summed E-state index contributed by atoms with van der Waals surface area (Å²) in [5.41, 5.74) is 7.35. The molecular weight excluding hydrogens is 428 g/mol. The Morgan fingerprint density at radius 2 is 2.06 bits per heavy atom. The number of hydrogen-bond donors (Lipinski definition) is 4. The molecule has 1 saturated heterocycles. The maximum Gasteiger partial charge on any atom is 0.273 e. The van der Waals surface area contributed by atoms with Crippen LogP contribution < -0.4 is 20.7 Å². The molecular formula is C27H36N4O3. The number of ether oxygens (including phenoxy) is 1. The first-order valence-electron chi connectivity index (χ1n) is 12.3. The molecule has 7 nitrogen and oxygen atoms in total. The molecule has 2 aliphatic rings. The lowest BCUT2D eigenvalue weighted by Crippen LogP contribution is -2.50. The van der Waals surface area contributed by atoms with Gasteiger partial charge in [0, 0.05) is 29.3 Å². The molecule has 2 aromatic carbocycles. The predicted molar refractivity (Wildman–Crippen MR) is 135 cm³/mol. The molecule has 34 heavy (non-hydrogen) atoms. The lowest BCUT2D eigenvalue weighted by Gasteiger charge is -2.39. The first-order valence-corrected chi connectivity index (χ1v) is 12.3. The van der Waals surface area contributed by atoms with Crippen LogP contribution in [-0.4, -0.2) is 35.0 Å². The van der Waals surface area contributed by atoms with E-state index in [1.807, 2.05) is 24.3 Å². The average Bonchev–Trinajstić information content (AvgIpc) is 2.80. The van der Waals surface area contributed by atoms with Gasteiger partial charge < -0.3 is 25.8 Å². The zero-order valence-corrected chi connectivity index (χ0v) is 20.1. The third-order valence-electron chi connectivity index (χ3n) is 7.08. The van der Waals surface area contributed by atoms with Crippen molar-refractivity contribution in [1.82, 2.24) is 5.32 Å². The first kappa shape index (κ1) is 24.1. The van der Waals surface area contributed by atoms with Gasteiger partial charge in [-0.25, -0.2) is 0 Å². The molecule has 0 bridgehead atoms. The number of rotatable bonds is 8. The Labute approximate surface area is 201 Å². The number of carbonyl (C=O) groups excluding carboxylic acids is 1. The number of hydrogen-bond acceptors (Lipinski definition) is 5. The standard InChI is InChI=1S/C27H36N4O3/c1-18-9-8-15-27(2,30-18)14-6-3-7-16-31-21-10-4-5-11-23(21)34-24(26(31)33)20-17-19(25(28)29)12-13-22(20)32/h4-5,10-13,17-18,24,30,32H,3,6-9,14-16H2,1-2H3,(H3,28,29)/t18-,24-,27+/m0/s1. The minimum atomic E-state index is -0.985. The molecule has 2 aliphatic heterocycles. The summed E-state index contributed by atoms with van der Waals surface area (Å²) in [4.78, 5) is 15.3. The highest BCUT2D eigenvalue weighted by molar-refractivity contribution is 6.01. The Morgan fingerprint density at radius 3 is 2.82 bits per heavy atom. The summed E-state index contributed by atoms with van der Waals surface area (Å²) < 4.78 is 6.04. The maximum atomic E-state index is 13.5. The van der Waals surface area contributed by atoms with Gasteiger partial charge in [-0.15, -0.1) is 0 Å². The van der Waals surface area contributed by atoms with Crippen molar-refractivity contribution < 1.29 is 14.6 Å². The van der Waals surface area contributed by atoms with Crippen molar-refractivity contribution in [3.63, 3.8) is 0 Å². The van der Waals surface area contributed by atoms with Gasteiger partial charge in [0.15, 0.2) is 0 Å². The van der Waals surface area contributed by atoms with E-state index in [2.05, 4.69) is 19.2 Å². The summed E-state index contributed by atoms with van der Waals surface area (Å²) in [6, 6.07) is 12.6. The van der Waals surface area contributed by atoms with Crippen LogP contribution >= 0.6 is 0 Å². The van der Waals surface area contributed by atoms with Crippen LogP contribution in [0.2, 0.25) is 0 Å². The second kappa shape index (κ2) is 10.1. The molecule has 3 atom stereocenters. The fourth-order valence-corrected chi connectivity index (χ4v) is 5.27. The Hall–Kier alpha value is -3.06. The number of fused-ring (bicyclic) bond motifs is 1. The van der Waals surface area contributed by atoms with Gasteiger partial charge in [0.25, 0.3) is 5.91 Å². The molecule has 0 saturated carbocycles. The fourth-order valence-electron chi connectivity index (χ4n) is 5.27. The quantitative estimate of drug-likeness (QED) is 0.259. The lowest BCUT2D eigenvalue weighted by atomic mass is 9.84. The van der Waals surface area contributed by atoms with Gasteiger partial charge in [0.2, 0.25) is 6.10 Å². The predicted octanol–water partition coefficient (Wildman–Crippen LogP) is 4.62. The number of phenolic OH excluding ortho intramolecular Hbond substituents is 1. The van der Waals surface area contributed by atoms with Crippen LogP contribution in [0, 0.1) is 5.41 Å². The third kappa shape index (κ3) is 5.20. The van der Waals surface area contributed by atoms with Gasteiger partial charge >= 0.3 is 0 Å². The molecule has 0 unspecified atom stereocenters. The average molecular weight is 465 g/mol. The van der Waals surface area contributed by atoms with E-state index in [9.17, 15) is 9.90 Å². The molecule has 0 spiro atoms. The SMILES string of the molecule is C[C@H]1CCC[C@@](C)(CCCCCN2C(=O)[C@H](c3cc(C(=N)N)ccc3O)Oc3ccccc32)N1. The topological polar surface area (TPSA) is 112 Å². The third-order valence-corrected chi connectivity index (χ3v) is 7.08. The van der Waals surface area contributed by atoms with Gasteiger partial charge in [-0.2, -0.15) is 0 Å². The Balaban J connectivity index is 1.45. The molecule has 2 heterocycles. The van der Waals surface area contributed by atoms with Crippen molar-refractivity contribution in [2.75, 3.05) is 11.4 Å². The highest BCUT2D eigenvalue weighted by Crippen LogP contribution is 2.41. The summed E-state index contributed by atoms with van der Waals surface area (Å²) in [5, 5.41) is 21.9. The van der Waals surface area contributed by atoms with E-state index in [-0.39, 0.29) is 23.0 Å². The van der Waals surface area contributed by atoms with Crippen LogP contribution in [0.15, 0.2) is 42.5 Å². The minimum Gasteiger partial charge on any atom is -0.508 e. The van der Waals surface area contributed by atoms with Crippen molar-refractivity contribution in [2.24, 2.45) is 5.73 Å². The number of nitrogens with two attached hydrogens (primary N) is 1. The number of piperidine rings is 1. The van der Waals surface area contributed by atoms with Gasteiger partial charge in [0.05, 0.1) is 5.69 Å². The van der Waals surface area contributed by atoms with Gasteiger partial charge in [0.1, 0.15) is 17.3 Å². The monoisotopic (exact) mass is 464 g/mol. The van der Waals surface area contributed by atoms with E-state index in [1.54, 1.807) is 17.0 Å². The second-order valence-electron chi connectivity index (χ2n) is 9.95. The fraction of sp³-hybridized carbons (Fsp3) is 0.481. The highest BCUT2D eigenvalue weighted by atomic mass is 16.5. The first-order chi connectivity index (χ1) is 16.3. The molecule has 0 aliphatic carbocycles. The second-order valence-corrected chi connectivity index (χ2v) is 9.95. The molecule has 1 amide bonds. The van der Waals surface area contributed by atoms with Gasteiger partial charge in [-0.3, -0.25) is 10.2 Å². The van der Waals surface area contributed by atoms with Crippen molar-refractivity contribution in [1.29, 1.82) is 5.41 Å². The van der Waals surface area contributed by atoms with E-state index in [4.69, 9.17) is 15.9 Å². The van der Waals surface area contributed by atoms with Crippen LogP contribution in [0.1, 0.15) is 76.0 Å². The number of nitrogen functional groups attached to an aromatic ring is 1. The smallest absolute Gasteiger partial charge is 0.273 e. The number of unbranched alkanes of at least 4 members (excludes halogenated alkanes) is 2. The van der Waals surface area contributed by atoms with E-state index < -0.39 is 6.10 Å². The Bertz CT molecular complexity index is 1060. The van der Waals surface area contributed by atoms with E-state index in [1.165, 1.54) is 25.3 Å². The summed E-state index contributed by atoms with van der Waals surface area (Å²) in [7, 11) is 0. The van der Waals surface area contributed by atoms with Gasteiger partial charge in [-0.05, 0) is 69.9 Å². The number of amidine groups is 1. The van der Waals surface area contributed by atoms with Crippen LogP contribution in [-0.2, 0) is 4.79 Å². The molecule has 7 heteroatoms. The van der Waals surface area contributed by atoms with Crippen molar-refractivity contribution in [2.45, 2.75) is 76.5 Å². The molecule has 0 radical (unpaired) electrons. The van der Waals surface area contributed by atoms with E-state index >= 15 is 0 Å². The minimum absolute atomic E-state index is 0.0508. The number of phenols is 1. The van der Waals surface area contributed by atoms with E-state index in [0.29, 0.717) is 29.5 Å². The molecule has 182 valence electrons. The highest BCUT2D eigenvalue weighted by Gasteiger charge is 2.37. The summed E-state index contributed by atoms with van der Waals surface area (Å²) in [6.45, 7) is 5.18. The van der Waals surface area contributed by atoms with Crippen LogP contribution in [0.3, 0.4) is 0 Å². The molecule has 2 aromatic rings. The van der Waals surface area contributed by atoms with Crippen molar-refractivity contribution in [3.8, 4) is 11.5 Å². The van der Waals surface area contributed by atoms with Crippen molar-refractivity contribution >= 4 is 17.4 Å². The van der Waals surface area contributed by atoms with Crippen LogP contribution in [0.25, 0.3) is 0 Å². The lowest BCUT2D eigenvalue weighted by molar-refractivity contribution is -0.126. The summed E-state index contributed by atoms with van der Waals surface area (Å²) in [6.07, 6.45) is 6.94. The molecule has 4 rings (SSSR count). The van der Waals surface area contributed by atoms with E-state index in [0.717, 1.165) is 31.4 Å². The molecule has 1 fully saturated rings. The number of amides is 1. The summed E-state index contributed by atoms with van der Waals surface area (Å²) in [5.74, 6) is 0.208. The molecule has 0 aromatic heterocycles. The number of para-hydroxylation sites is 2. The number of aromatic hydroxyl groups is 1. The Morgan fingerprint density at radius 1 is 1.26 bits per heavy atom. The largest absolute Gasteiger partial charge is 0.508 e. The number of anilines is 1. The van der Waals surface area contributed by atoms with Crippen LogP contribution in [0.4, 0.5) is 5.69 Å². The normalized spacial score (nSPS) is 24.4. The number of nitrogens with one attached hydrogen (secondary N) is 2. The summed E-state index contributed by atoms with van der Waals surface area (Å²) >= 11 is 0. The van der Waals surface area contributed by atoms with Gasteiger partial charge in [-0.1, -0.05) is 31.4 Å². The number of nitrogens with zero attached hydrogens (tertiary/aromatic N) is 1. The maximum absolute atomic E-state index is 13.5. The number of benzene rings is 2. The van der Waals surface area contributed by atoms with Crippen LogP contribution in [0.5, 0.6) is 11.5 Å².